The second-order valence-electron chi connectivity index (χ2n) is 2.73. The first-order valence-electron chi connectivity index (χ1n) is 6.32. The largest absolute Gasteiger partial charge is 0.327 e. The molecule has 0 heterocycles. The van der Waals surface area contributed by atoms with E-state index < -0.39 is 0 Å². The second-order valence-corrected chi connectivity index (χ2v) is 2.73. The highest BCUT2D eigenvalue weighted by atomic mass is 14.5. The predicted octanol–water partition coefficient (Wildman–Crippen LogP) is 4.27. The molecule has 0 aliphatic heterocycles. The first kappa shape index (κ1) is 17.3. The normalized spacial score (nSPS) is 8.88. The highest BCUT2D eigenvalue weighted by molar-refractivity contribution is 5.49. The summed E-state index contributed by atoms with van der Waals surface area (Å²) in [5.41, 5.74) is 7.94. The summed E-state index contributed by atoms with van der Waals surface area (Å²) < 4.78 is 0. The summed E-state index contributed by atoms with van der Waals surface area (Å²) in [6.07, 6.45) is 5.10. The van der Waals surface area contributed by atoms with Gasteiger partial charge in [0.15, 0.2) is 0 Å². The van der Waals surface area contributed by atoms with Crippen molar-refractivity contribution < 1.29 is 0 Å². The van der Waals surface area contributed by atoms with Gasteiger partial charge in [0.1, 0.15) is 0 Å². The molecule has 1 aromatic carbocycles. The molecule has 92 valence electrons. The number of nitrogens with two attached hydrogens (primary N) is 1. The van der Waals surface area contributed by atoms with Crippen LogP contribution in [0.25, 0.3) is 6.08 Å². The Bertz CT molecular complexity index is 247. The quantitative estimate of drug-likeness (QED) is 0.810. The summed E-state index contributed by atoms with van der Waals surface area (Å²) in [5, 5.41) is 0. The van der Waals surface area contributed by atoms with Gasteiger partial charge in [-0.15, -0.1) is 0 Å². The highest BCUT2D eigenvalue weighted by Gasteiger charge is 1.87. The van der Waals surface area contributed by atoms with E-state index in [1.54, 1.807) is 0 Å². The molecule has 0 unspecified atom stereocenters. The number of benzene rings is 1. The molecule has 1 aromatic rings. The summed E-state index contributed by atoms with van der Waals surface area (Å²) in [7, 11) is 0. The maximum absolute atomic E-state index is 5.35. The summed E-state index contributed by atoms with van der Waals surface area (Å²) in [5.74, 6) is 0. The lowest BCUT2D eigenvalue weighted by molar-refractivity contribution is 1.14. The van der Waals surface area contributed by atoms with Gasteiger partial charge in [0.2, 0.25) is 0 Å². The molecule has 0 amide bonds. The number of rotatable bonds is 3. The van der Waals surface area contributed by atoms with Crippen LogP contribution in [0.2, 0.25) is 0 Å². The molecular formula is C15H27N. The Morgan fingerprint density at radius 2 is 1.50 bits per heavy atom. The van der Waals surface area contributed by atoms with Crippen LogP contribution in [-0.4, -0.2) is 6.54 Å². The van der Waals surface area contributed by atoms with E-state index in [1.807, 2.05) is 39.8 Å². The molecule has 1 nitrogen and oxygen atoms in total. The van der Waals surface area contributed by atoms with Crippen molar-refractivity contribution in [2.24, 2.45) is 5.73 Å². The van der Waals surface area contributed by atoms with Gasteiger partial charge in [-0.2, -0.15) is 0 Å². The molecule has 16 heavy (non-hydrogen) atoms. The number of hydrogen-bond acceptors (Lipinski definition) is 1. The van der Waals surface area contributed by atoms with E-state index in [-0.39, 0.29) is 0 Å². The molecule has 1 rings (SSSR count). The minimum atomic E-state index is 0.607. The van der Waals surface area contributed by atoms with E-state index in [1.165, 1.54) is 11.1 Å². The van der Waals surface area contributed by atoms with Gasteiger partial charge in [-0.3, -0.25) is 0 Å². The van der Waals surface area contributed by atoms with Crippen molar-refractivity contribution in [3.05, 3.63) is 41.5 Å². The Hall–Kier alpha value is -1.08. The molecule has 0 atom stereocenters. The lowest BCUT2D eigenvalue weighted by Gasteiger charge is -1.96. The van der Waals surface area contributed by atoms with Crippen LogP contribution in [0.4, 0.5) is 0 Å². The number of aryl methyl sites for hydroxylation is 1. The van der Waals surface area contributed by atoms with E-state index in [4.69, 9.17) is 5.73 Å². The lowest BCUT2D eigenvalue weighted by atomic mass is 10.1. The molecule has 0 spiro atoms. The molecule has 0 bridgehead atoms. The first-order valence-corrected chi connectivity index (χ1v) is 6.32. The number of hydrogen-bond donors (Lipinski definition) is 1. The van der Waals surface area contributed by atoms with Gasteiger partial charge in [-0.25, -0.2) is 0 Å². The Kier molecular flexibility index (Phi) is 15.1. The van der Waals surface area contributed by atoms with Crippen LogP contribution in [0.15, 0.2) is 30.3 Å². The molecule has 0 saturated heterocycles. The molecule has 2 N–H and O–H groups in total. The van der Waals surface area contributed by atoms with Gasteiger partial charge in [0.05, 0.1) is 0 Å². The van der Waals surface area contributed by atoms with Gasteiger partial charge >= 0.3 is 0 Å². The average molecular weight is 221 g/mol. The predicted molar refractivity (Wildman–Crippen MR) is 76.6 cm³/mol. The van der Waals surface area contributed by atoms with Crippen molar-refractivity contribution in [2.45, 2.75) is 41.0 Å². The van der Waals surface area contributed by atoms with E-state index in [0.717, 1.165) is 6.42 Å². The molecule has 1 heteroatoms. The maximum atomic E-state index is 5.35. The highest BCUT2D eigenvalue weighted by Crippen LogP contribution is 2.06. The van der Waals surface area contributed by atoms with Crippen molar-refractivity contribution >= 4 is 6.08 Å². The monoisotopic (exact) mass is 221 g/mol. The van der Waals surface area contributed by atoms with Crippen LogP contribution < -0.4 is 5.73 Å². The molecule has 0 aromatic heterocycles. The first-order chi connectivity index (χ1) is 7.86. The van der Waals surface area contributed by atoms with E-state index in [9.17, 15) is 0 Å². The Morgan fingerprint density at radius 3 is 1.88 bits per heavy atom. The zero-order valence-corrected chi connectivity index (χ0v) is 11.5. The molecule has 0 aliphatic rings. The third kappa shape index (κ3) is 8.25. The Balaban J connectivity index is 0. The molecule has 0 aliphatic carbocycles. The van der Waals surface area contributed by atoms with Crippen molar-refractivity contribution in [1.82, 2.24) is 0 Å². The molecule has 0 fully saturated rings. The average Bonchev–Trinajstić information content (AvgIpc) is 2.41. The molecule has 0 saturated carbocycles. The van der Waals surface area contributed by atoms with E-state index in [0.29, 0.717) is 6.54 Å². The van der Waals surface area contributed by atoms with Gasteiger partial charge < -0.3 is 5.73 Å². The minimum absolute atomic E-state index is 0.607. The SMILES string of the molecule is CC.CC.CCc1ccc(/C=C/CN)cc1. The van der Waals surface area contributed by atoms with Gasteiger partial charge in [0, 0.05) is 6.54 Å². The fourth-order valence-corrected chi connectivity index (χ4v) is 1.07. The van der Waals surface area contributed by atoms with Crippen LogP contribution in [-0.2, 0) is 6.42 Å². The van der Waals surface area contributed by atoms with Crippen LogP contribution in [0.5, 0.6) is 0 Å². The summed E-state index contributed by atoms with van der Waals surface area (Å²) in [6.45, 7) is 10.8. The Morgan fingerprint density at radius 1 is 1.00 bits per heavy atom. The third-order valence-electron chi connectivity index (χ3n) is 1.83. The van der Waals surface area contributed by atoms with Crippen molar-refractivity contribution in [2.75, 3.05) is 6.54 Å². The van der Waals surface area contributed by atoms with Crippen molar-refractivity contribution in [1.29, 1.82) is 0 Å². The molecule has 0 radical (unpaired) electrons. The lowest BCUT2D eigenvalue weighted by Crippen LogP contribution is -1.91. The van der Waals surface area contributed by atoms with Gasteiger partial charge in [0.25, 0.3) is 0 Å². The van der Waals surface area contributed by atoms with Crippen LogP contribution in [0, 0.1) is 0 Å². The smallest absolute Gasteiger partial charge is 0.0110 e. The fraction of sp³-hybridized carbons (Fsp3) is 0.467. The Labute approximate surface area is 101 Å². The van der Waals surface area contributed by atoms with E-state index >= 15 is 0 Å². The van der Waals surface area contributed by atoms with Gasteiger partial charge in [-0.1, -0.05) is 71.0 Å². The minimum Gasteiger partial charge on any atom is -0.327 e. The fourth-order valence-electron chi connectivity index (χ4n) is 1.07. The van der Waals surface area contributed by atoms with Crippen LogP contribution in [0.3, 0.4) is 0 Å². The zero-order valence-electron chi connectivity index (χ0n) is 11.5. The summed E-state index contributed by atoms with van der Waals surface area (Å²) in [6, 6.07) is 8.53. The van der Waals surface area contributed by atoms with Crippen molar-refractivity contribution in [3.63, 3.8) is 0 Å². The topological polar surface area (TPSA) is 26.0 Å². The van der Waals surface area contributed by atoms with Crippen LogP contribution in [0.1, 0.15) is 45.7 Å². The maximum Gasteiger partial charge on any atom is 0.0110 e. The van der Waals surface area contributed by atoms with Crippen LogP contribution >= 0.6 is 0 Å². The van der Waals surface area contributed by atoms with Crippen molar-refractivity contribution in [3.8, 4) is 0 Å². The summed E-state index contributed by atoms with van der Waals surface area (Å²) in [4.78, 5) is 0. The standard InChI is InChI=1S/C11H15N.2C2H6/c1-2-10-5-7-11(8-6-10)4-3-9-12;2*1-2/h3-8H,2,9,12H2,1H3;2*1-2H3/b4-3+;;. The third-order valence-corrected chi connectivity index (χ3v) is 1.83. The van der Waals surface area contributed by atoms with E-state index in [2.05, 4.69) is 31.2 Å². The molecular weight excluding hydrogens is 194 g/mol. The summed E-state index contributed by atoms with van der Waals surface area (Å²) >= 11 is 0. The van der Waals surface area contributed by atoms with Gasteiger partial charge in [-0.05, 0) is 17.5 Å². The zero-order chi connectivity index (χ0) is 12.8. The second kappa shape index (κ2) is 13.9.